The maximum atomic E-state index is 13.0. The smallest absolute Gasteiger partial charge is 0.323 e. The Morgan fingerprint density at radius 3 is 2.67 bits per heavy atom. The van der Waals surface area contributed by atoms with E-state index in [2.05, 4.69) is 9.97 Å². The molecule has 0 atom stereocenters. The molecule has 2 heterocycles. The molecular formula is C16H15N3O4S. The molecule has 0 saturated heterocycles. The summed E-state index contributed by atoms with van der Waals surface area (Å²) in [5.41, 5.74) is 2.28. The normalized spacial score (nSPS) is 14.1. The molecule has 0 spiro atoms. The topological polar surface area (TPSA) is 95.3 Å². The average molecular weight is 345 g/mol. The second-order valence-electron chi connectivity index (χ2n) is 5.61. The lowest BCUT2D eigenvalue weighted by Crippen LogP contribution is -2.29. The van der Waals surface area contributed by atoms with Crippen LogP contribution in [0.25, 0.3) is 11.0 Å². The third-order valence-corrected chi connectivity index (χ3v) is 6.02. The molecule has 3 aromatic rings. The van der Waals surface area contributed by atoms with Gasteiger partial charge in [-0.15, -0.1) is 0 Å². The highest BCUT2D eigenvalue weighted by Crippen LogP contribution is 2.35. The van der Waals surface area contributed by atoms with Crippen molar-refractivity contribution in [3.8, 4) is 5.75 Å². The summed E-state index contributed by atoms with van der Waals surface area (Å²) in [4.78, 5) is 16.7. The summed E-state index contributed by atoms with van der Waals surface area (Å²) < 4.78 is 32.6. The Labute approximate surface area is 137 Å². The number of methoxy groups -OCH3 is 1. The van der Waals surface area contributed by atoms with Crippen LogP contribution >= 0.6 is 0 Å². The molecule has 0 fully saturated rings. The van der Waals surface area contributed by atoms with Gasteiger partial charge in [0.05, 0.1) is 28.7 Å². The minimum absolute atomic E-state index is 0.147. The number of sulfonamides is 1. The molecule has 1 aliphatic rings. The number of H-pyrrole nitrogens is 2. The van der Waals surface area contributed by atoms with Gasteiger partial charge in [0.15, 0.2) is 0 Å². The highest BCUT2D eigenvalue weighted by molar-refractivity contribution is 7.92. The molecule has 124 valence electrons. The third kappa shape index (κ3) is 2.18. The second-order valence-corrected chi connectivity index (χ2v) is 7.47. The number of rotatable bonds is 3. The van der Waals surface area contributed by atoms with E-state index in [4.69, 9.17) is 4.74 Å². The van der Waals surface area contributed by atoms with E-state index in [1.807, 2.05) is 6.07 Å². The van der Waals surface area contributed by atoms with E-state index in [1.54, 1.807) is 25.3 Å². The van der Waals surface area contributed by atoms with Gasteiger partial charge in [0.2, 0.25) is 0 Å². The summed E-state index contributed by atoms with van der Waals surface area (Å²) in [6, 6.07) is 9.94. The zero-order valence-corrected chi connectivity index (χ0v) is 13.7. The van der Waals surface area contributed by atoms with Crippen molar-refractivity contribution in [2.24, 2.45) is 0 Å². The molecule has 2 aromatic carbocycles. The van der Waals surface area contributed by atoms with Crippen LogP contribution in [0.3, 0.4) is 0 Å². The first-order valence-corrected chi connectivity index (χ1v) is 8.85. The lowest BCUT2D eigenvalue weighted by Gasteiger charge is -2.19. The highest BCUT2D eigenvalue weighted by Gasteiger charge is 2.31. The summed E-state index contributed by atoms with van der Waals surface area (Å²) in [6.07, 6.45) is 0.634. The molecule has 0 saturated carbocycles. The molecular weight excluding hydrogens is 330 g/mol. The average Bonchev–Trinajstić information content (AvgIpc) is 3.15. The van der Waals surface area contributed by atoms with E-state index in [1.165, 1.54) is 16.4 Å². The van der Waals surface area contributed by atoms with E-state index in [0.29, 0.717) is 35.4 Å². The second kappa shape index (κ2) is 5.13. The molecule has 0 amide bonds. The summed E-state index contributed by atoms with van der Waals surface area (Å²) >= 11 is 0. The molecule has 8 heteroatoms. The number of aromatic nitrogens is 2. The number of anilines is 1. The minimum Gasteiger partial charge on any atom is -0.497 e. The van der Waals surface area contributed by atoms with Crippen LogP contribution in [0.1, 0.15) is 5.56 Å². The molecule has 0 radical (unpaired) electrons. The molecule has 0 unspecified atom stereocenters. The zero-order chi connectivity index (χ0) is 16.9. The van der Waals surface area contributed by atoms with Crippen molar-refractivity contribution >= 4 is 26.7 Å². The molecule has 1 aromatic heterocycles. The fourth-order valence-corrected chi connectivity index (χ4v) is 4.55. The molecule has 0 bridgehead atoms. The number of hydrogen-bond donors (Lipinski definition) is 2. The predicted octanol–water partition coefficient (Wildman–Crippen LogP) is 1.62. The molecule has 4 rings (SSSR count). The van der Waals surface area contributed by atoms with Crippen LogP contribution in [-0.4, -0.2) is 32.0 Å². The SMILES string of the molecule is COc1ccc2c(c1)CCN2S(=O)(=O)c1ccc2[nH]c(=O)[nH]c2c1. The maximum absolute atomic E-state index is 13.0. The first kappa shape index (κ1) is 14.8. The van der Waals surface area contributed by atoms with Gasteiger partial charge in [0.25, 0.3) is 10.0 Å². The standard InChI is InChI=1S/C16H15N3O4S/c1-23-11-2-5-15-10(8-11)6-7-19(15)24(21,22)12-3-4-13-14(9-12)18-16(20)17-13/h2-5,8-9H,6-7H2,1H3,(H2,17,18,20). The fraction of sp³-hybridized carbons (Fsp3) is 0.188. The van der Waals surface area contributed by atoms with Crippen molar-refractivity contribution in [3.63, 3.8) is 0 Å². The van der Waals surface area contributed by atoms with Gasteiger partial charge >= 0.3 is 5.69 Å². The number of hydrogen-bond acceptors (Lipinski definition) is 4. The van der Waals surface area contributed by atoms with Gasteiger partial charge in [0, 0.05) is 6.54 Å². The number of imidazole rings is 1. The Kier molecular flexibility index (Phi) is 3.17. The van der Waals surface area contributed by atoms with Crippen molar-refractivity contribution < 1.29 is 13.2 Å². The van der Waals surface area contributed by atoms with Crippen molar-refractivity contribution in [2.75, 3.05) is 18.0 Å². The van der Waals surface area contributed by atoms with Gasteiger partial charge in [-0.25, -0.2) is 13.2 Å². The van der Waals surface area contributed by atoms with E-state index < -0.39 is 10.0 Å². The van der Waals surface area contributed by atoms with Gasteiger partial charge in [-0.2, -0.15) is 0 Å². The summed E-state index contributed by atoms with van der Waals surface area (Å²) in [5, 5.41) is 0. The van der Waals surface area contributed by atoms with E-state index in [9.17, 15) is 13.2 Å². The molecule has 0 aliphatic carbocycles. The molecule has 2 N–H and O–H groups in total. The maximum Gasteiger partial charge on any atom is 0.323 e. The Hall–Kier alpha value is -2.74. The van der Waals surface area contributed by atoms with Crippen molar-refractivity contribution in [3.05, 3.63) is 52.4 Å². The predicted molar refractivity (Wildman–Crippen MR) is 90.1 cm³/mol. The largest absolute Gasteiger partial charge is 0.497 e. The summed E-state index contributed by atoms with van der Waals surface area (Å²) in [7, 11) is -2.12. The molecule has 24 heavy (non-hydrogen) atoms. The van der Waals surface area contributed by atoms with Gasteiger partial charge < -0.3 is 14.7 Å². The Balaban J connectivity index is 1.79. The Morgan fingerprint density at radius 1 is 1.08 bits per heavy atom. The number of nitrogens with one attached hydrogen (secondary N) is 2. The number of ether oxygens (including phenoxy) is 1. The number of nitrogens with zero attached hydrogens (tertiary/aromatic N) is 1. The third-order valence-electron chi connectivity index (χ3n) is 4.22. The lowest BCUT2D eigenvalue weighted by atomic mass is 10.1. The quantitative estimate of drug-likeness (QED) is 0.754. The molecule has 7 nitrogen and oxygen atoms in total. The first-order valence-electron chi connectivity index (χ1n) is 7.41. The number of fused-ring (bicyclic) bond motifs is 2. The number of aromatic amines is 2. The van der Waals surface area contributed by atoms with Crippen LogP contribution < -0.4 is 14.7 Å². The van der Waals surface area contributed by atoms with Crippen molar-refractivity contribution in [1.29, 1.82) is 0 Å². The van der Waals surface area contributed by atoms with Gasteiger partial charge in [-0.1, -0.05) is 0 Å². The molecule has 1 aliphatic heterocycles. The summed E-state index contributed by atoms with van der Waals surface area (Å²) in [5.74, 6) is 0.708. The van der Waals surface area contributed by atoms with Crippen LogP contribution in [-0.2, 0) is 16.4 Å². The number of benzene rings is 2. The minimum atomic E-state index is -3.70. The van der Waals surface area contributed by atoms with Crippen molar-refractivity contribution in [1.82, 2.24) is 9.97 Å². The zero-order valence-electron chi connectivity index (χ0n) is 12.9. The van der Waals surface area contributed by atoms with Gasteiger partial charge in [0.1, 0.15) is 5.75 Å². The fourth-order valence-electron chi connectivity index (χ4n) is 3.02. The summed E-state index contributed by atoms with van der Waals surface area (Å²) in [6.45, 7) is 0.381. The van der Waals surface area contributed by atoms with Crippen LogP contribution in [0.2, 0.25) is 0 Å². The van der Waals surface area contributed by atoms with Crippen molar-refractivity contribution in [2.45, 2.75) is 11.3 Å². The van der Waals surface area contributed by atoms with Gasteiger partial charge in [-0.3, -0.25) is 4.31 Å². The van der Waals surface area contributed by atoms with Crippen LogP contribution in [0.5, 0.6) is 5.75 Å². The lowest BCUT2D eigenvalue weighted by molar-refractivity contribution is 0.414. The van der Waals surface area contributed by atoms with Gasteiger partial charge in [-0.05, 0) is 48.4 Å². The van der Waals surface area contributed by atoms with E-state index >= 15 is 0 Å². The van der Waals surface area contributed by atoms with Crippen LogP contribution in [0.4, 0.5) is 5.69 Å². The monoisotopic (exact) mass is 345 g/mol. The van der Waals surface area contributed by atoms with Crippen LogP contribution in [0, 0.1) is 0 Å². The Morgan fingerprint density at radius 2 is 1.88 bits per heavy atom. The van der Waals surface area contributed by atoms with E-state index in [0.717, 1.165) is 5.56 Å². The first-order chi connectivity index (χ1) is 11.5. The van der Waals surface area contributed by atoms with Crippen LogP contribution in [0.15, 0.2) is 46.1 Å². The Bertz CT molecular complexity index is 1100. The highest BCUT2D eigenvalue weighted by atomic mass is 32.2. The van der Waals surface area contributed by atoms with E-state index in [-0.39, 0.29) is 10.6 Å².